The molecule has 6 heteroatoms. The standard InChI is InChI=1S/C17H21FN4O/c1-11(2)17(23)22-8-6-12(7-9-22)21-16-13-4-3-5-14(18)15(13)19-10-20-16/h3-5,10-12H,6-9H2,1-2H3,(H,19,20,21). The minimum Gasteiger partial charge on any atom is -0.367 e. The number of fused-ring (bicyclic) bond motifs is 1. The first kappa shape index (κ1) is 15.6. The van der Waals surface area contributed by atoms with E-state index in [2.05, 4.69) is 15.3 Å². The number of benzene rings is 1. The highest BCUT2D eigenvalue weighted by Crippen LogP contribution is 2.24. The van der Waals surface area contributed by atoms with Crippen molar-refractivity contribution in [1.82, 2.24) is 14.9 Å². The third kappa shape index (κ3) is 3.25. The van der Waals surface area contributed by atoms with E-state index in [1.807, 2.05) is 24.8 Å². The molecule has 23 heavy (non-hydrogen) atoms. The van der Waals surface area contributed by atoms with Gasteiger partial charge in [-0.2, -0.15) is 0 Å². The maximum absolute atomic E-state index is 13.8. The van der Waals surface area contributed by atoms with Gasteiger partial charge in [-0.25, -0.2) is 14.4 Å². The van der Waals surface area contributed by atoms with E-state index in [1.54, 1.807) is 6.07 Å². The van der Waals surface area contributed by atoms with Crippen LogP contribution in [0.3, 0.4) is 0 Å². The Bertz CT molecular complexity index is 711. The van der Waals surface area contributed by atoms with E-state index in [4.69, 9.17) is 0 Å². The minimum absolute atomic E-state index is 0.0355. The Hall–Kier alpha value is -2.24. The second-order valence-corrected chi connectivity index (χ2v) is 6.26. The number of para-hydroxylation sites is 1. The van der Waals surface area contributed by atoms with Crippen LogP contribution >= 0.6 is 0 Å². The lowest BCUT2D eigenvalue weighted by molar-refractivity contribution is -0.135. The predicted molar refractivity (Wildman–Crippen MR) is 87.6 cm³/mol. The number of rotatable bonds is 3. The minimum atomic E-state index is -0.342. The number of carbonyl (C=O) groups excluding carboxylic acids is 1. The van der Waals surface area contributed by atoms with Gasteiger partial charge in [-0.15, -0.1) is 0 Å². The number of piperidine rings is 1. The number of halogens is 1. The molecule has 1 saturated heterocycles. The Morgan fingerprint density at radius 3 is 2.74 bits per heavy atom. The first-order valence-electron chi connectivity index (χ1n) is 8.01. The van der Waals surface area contributed by atoms with E-state index >= 15 is 0 Å². The zero-order chi connectivity index (χ0) is 16.4. The lowest BCUT2D eigenvalue weighted by Gasteiger charge is -2.33. The average Bonchev–Trinajstić information content (AvgIpc) is 2.56. The number of carbonyl (C=O) groups is 1. The zero-order valence-electron chi connectivity index (χ0n) is 13.4. The van der Waals surface area contributed by atoms with Crippen molar-refractivity contribution in [1.29, 1.82) is 0 Å². The summed E-state index contributed by atoms with van der Waals surface area (Å²) in [5.41, 5.74) is 0.331. The Kier molecular flexibility index (Phi) is 4.41. The Labute approximate surface area is 134 Å². The van der Waals surface area contributed by atoms with Crippen LogP contribution in [0, 0.1) is 11.7 Å². The maximum atomic E-state index is 13.8. The lowest BCUT2D eigenvalue weighted by atomic mass is 10.0. The fraction of sp³-hybridized carbons (Fsp3) is 0.471. The molecule has 0 aliphatic carbocycles. The van der Waals surface area contributed by atoms with Crippen molar-refractivity contribution >= 4 is 22.6 Å². The van der Waals surface area contributed by atoms with Crippen molar-refractivity contribution in [2.75, 3.05) is 18.4 Å². The Morgan fingerprint density at radius 1 is 1.30 bits per heavy atom. The second kappa shape index (κ2) is 6.48. The van der Waals surface area contributed by atoms with Gasteiger partial charge in [0, 0.05) is 30.4 Å². The molecule has 1 amide bonds. The average molecular weight is 316 g/mol. The number of amides is 1. The van der Waals surface area contributed by atoms with Crippen LogP contribution in [0.5, 0.6) is 0 Å². The molecule has 1 N–H and O–H groups in total. The SMILES string of the molecule is CC(C)C(=O)N1CCC(Nc2ncnc3c(F)cccc23)CC1. The highest BCUT2D eigenvalue weighted by atomic mass is 19.1. The molecule has 2 heterocycles. The maximum Gasteiger partial charge on any atom is 0.225 e. The van der Waals surface area contributed by atoms with E-state index in [9.17, 15) is 9.18 Å². The van der Waals surface area contributed by atoms with Gasteiger partial charge in [0.2, 0.25) is 5.91 Å². The Morgan fingerprint density at radius 2 is 2.04 bits per heavy atom. The van der Waals surface area contributed by atoms with Crippen molar-refractivity contribution < 1.29 is 9.18 Å². The molecule has 0 saturated carbocycles. The van der Waals surface area contributed by atoms with Crippen LogP contribution in [0.1, 0.15) is 26.7 Å². The molecular formula is C17H21FN4O. The molecule has 0 atom stereocenters. The number of hydrogen-bond acceptors (Lipinski definition) is 4. The summed E-state index contributed by atoms with van der Waals surface area (Å²) in [4.78, 5) is 22.2. The molecular weight excluding hydrogens is 295 g/mol. The van der Waals surface area contributed by atoms with Crippen LogP contribution in [-0.4, -0.2) is 39.9 Å². The number of nitrogens with one attached hydrogen (secondary N) is 1. The number of hydrogen-bond donors (Lipinski definition) is 1. The summed E-state index contributed by atoms with van der Waals surface area (Å²) in [6, 6.07) is 5.11. The fourth-order valence-corrected chi connectivity index (χ4v) is 2.97. The summed E-state index contributed by atoms with van der Waals surface area (Å²) in [6.45, 7) is 5.33. The van der Waals surface area contributed by atoms with Crippen molar-refractivity contribution in [3.05, 3.63) is 30.3 Å². The highest BCUT2D eigenvalue weighted by molar-refractivity contribution is 5.89. The predicted octanol–water partition coefficient (Wildman–Crippen LogP) is 2.83. The van der Waals surface area contributed by atoms with Gasteiger partial charge in [-0.1, -0.05) is 19.9 Å². The molecule has 1 aromatic carbocycles. The van der Waals surface area contributed by atoms with Crippen molar-refractivity contribution in [2.24, 2.45) is 5.92 Å². The van der Waals surface area contributed by atoms with E-state index in [0.29, 0.717) is 16.7 Å². The van der Waals surface area contributed by atoms with Gasteiger partial charge < -0.3 is 10.2 Å². The lowest BCUT2D eigenvalue weighted by Crippen LogP contribution is -2.44. The van der Waals surface area contributed by atoms with Gasteiger partial charge in [0.1, 0.15) is 23.5 Å². The summed E-state index contributed by atoms with van der Waals surface area (Å²) in [5, 5.41) is 4.07. The summed E-state index contributed by atoms with van der Waals surface area (Å²) >= 11 is 0. The summed E-state index contributed by atoms with van der Waals surface area (Å²) in [7, 11) is 0. The smallest absolute Gasteiger partial charge is 0.225 e. The summed E-state index contributed by atoms with van der Waals surface area (Å²) in [6.07, 6.45) is 3.10. The number of likely N-dealkylation sites (tertiary alicyclic amines) is 1. The molecule has 3 rings (SSSR count). The van der Waals surface area contributed by atoms with E-state index in [-0.39, 0.29) is 23.7 Å². The van der Waals surface area contributed by atoms with Gasteiger partial charge in [0.05, 0.1) is 0 Å². The summed E-state index contributed by atoms with van der Waals surface area (Å²) < 4.78 is 13.8. The number of anilines is 1. The zero-order valence-corrected chi connectivity index (χ0v) is 13.4. The molecule has 5 nitrogen and oxygen atoms in total. The molecule has 1 aromatic heterocycles. The monoisotopic (exact) mass is 316 g/mol. The number of aromatic nitrogens is 2. The second-order valence-electron chi connectivity index (χ2n) is 6.26. The van der Waals surface area contributed by atoms with Gasteiger partial charge in [-0.3, -0.25) is 4.79 Å². The normalized spacial score (nSPS) is 16.1. The topological polar surface area (TPSA) is 58.1 Å². The van der Waals surface area contributed by atoms with Crippen LogP contribution in [-0.2, 0) is 4.79 Å². The summed E-state index contributed by atoms with van der Waals surface area (Å²) in [5.74, 6) is 0.555. The molecule has 1 aliphatic rings. The van der Waals surface area contributed by atoms with Crippen LogP contribution in [0.25, 0.3) is 10.9 Å². The Balaban J connectivity index is 1.70. The van der Waals surface area contributed by atoms with Gasteiger partial charge in [0.25, 0.3) is 0 Å². The molecule has 0 spiro atoms. The van der Waals surface area contributed by atoms with Crippen molar-refractivity contribution in [3.63, 3.8) is 0 Å². The number of nitrogens with zero attached hydrogens (tertiary/aromatic N) is 3. The molecule has 0 bridgehead atoms. The fourth-order valence-electron chi connectivity index (χ4n) is 2.97. The van der Waals surface area contributed by atoms with Crippen LogP contribution < -0.4 is 5.32 Å². The van der Waals surface area contributed by atoms with Crippen LogP contribution in [0.4, 0.5) is 10.2 Å². The third-order valence-electron chi connectivity index (χ3n) is 4.26. The first-order chi connectivity index (χ1) is 11.1. The molecule has 1 fully saturated rings. The molecule has 0 radical (unpaired) electrons. The molecule has 1 aliphatic heterocycles. The largest absolute Gasteiger partial charge is 0.367 e. The molecule has 122 valence electrons. The van der Waals surface area contributed by atoms with E-state index in [1.165, 1.54) is 12.4 Å². The van der Waals surface area contributed by atoms with Crippen LogP contribution in [0.2, 0.25) is 0 Å². The van der Waals surface area contributed by atoms with E-state index in [0.717, 1.165) is 25.9 Å². The quantitative estimate of drug-likeness (QED) is 0.946. The van der Waals surface area contributed by atoms with Crippen LogP contribution in [0.15, 0.2) is 24.5 Å². The van der Waals surface area contributed by atoms with E-state index < -0.39 is 0 Å². The first-order valence-corrected chi connectivity index (χ1v) is 8.01. The highest BCUT2D eigenvalue weighted by Gasteiger charge is 2.24. The van der Waals surface area contributed by atoms with Crippen molar-refractivity contribution in [3.8, 4) is 0 Å². The van der Waals surface area contributed by atoms with Crippen molar-refractivity contribution in [2.45, 2.75) is 32.7 Å². The van der Waals surface area contributed by atoms with Gasteiger partial charge in [0.15, 0.2) is 0 Å². The third-order valence-corrected chi connectivity index (χ3v) is 4.26. The van der Waals surface area contributed by atoms with Gasteiger partial charge >= 0.3 is 0 Å². The van der Waals surface area contributed by atoms with Gasteiger partial charge in [-0.05, 0) is 25.0 Å². The molecule has 2 aromatic rings. The molecule has 0 unspecified atom stereocenters.